The molecular formula is C19H20O. The summed E-state index contributed by atoms with van der Waals surface area (Å²) in [7, 11) is 0. The van der Waals surface area contributed by atoms with Gasteiger partial charge in [-0.05, 0) is 22.6 Å². The van der Waals surface area contributed by atoms with Crippen molar-refractivity contribution in [2.75, 3.05) is 0 Å². The first-order valence-corrected chi connectivity index (χ1v) is 6.85. The van der Waals surface area contributed by atoms with E-state index in [0.717, 1.165) is 11.1 Å². The molecule has 2 rings (SSSR count). The molecule has 0 bridgehead atoms. The summed E-state index contributed by atoms with van der Waals surface area (Å²) >= 11 is 0. The van der Waals surface area contributed by atoms with Crippen molar-refractivity contribution in [2.45, 2.75) is 26.2 Å². The Balaban J connectivity index is 2.27. The maximum absolute atomic E-state index is 12.1. The summed E-state index contributed by atoms with van der Waals surface area (Å²) in [5, 5.41) is 0. The van der Waals surface area contributed by atoms with E-state index in [1.165, 1.54) is 5.56 Å². The van der Waals surface area contributed by atoms with Gasteiger partial charge in [0.2, 0.25) is 0 Å². The molecule has 0 saturated carbocycles. The minimum Gasteiger partial charge on any atom is -0.289 e. The van der Waals surface area contributed by atoms with E-state index in [0.29, 0.717) is 0 Å². The van der Waals surface area contributed by atoms with Crippen LogP contribution in [0.15, 0.2) is 60.7 Å². The predicted octanol–water partition coefficient (Wildman–Crippen LogP) is 4.88. The smallest absolute Gasteiger partial charge is 0.185 e. The van der Waals surface area contributed by atoms with E-state index in [2.05, 4.69) is 32.9 Å². The summed E-state index contributed by atoms with van der Waals surface area (Å²) in [6.07, 6.45) is 3.57. The fourth-order valence-corrected chi connectivity index (χ4v) is 2.19. The van der Waals surface area contributed by atoms with Crippen LogP contribution in [0.3, 0.4) is 0 Å². The van der Waals surface area contributed by atoms with Crippen molar-refractivity contribution in [1.82, 2.24) is 0 Å². The highest BCUT2D eigenvalue weighted by atomic mass is 16.1. The van der Waals surface area contributed by atoms with E-state index >= 15 is 0 Å². The molecule has 102 valence electrons. The van der Waals surface area contributed by atoms with Crippen LogP contribution in [0, 0.1) is 0 Å². The van der Waals surface area contributed by atoms with Gasteiger partial charge in [-0.15, -0.1) is 0 Å². The molecule has 0 saturated heterocycles. The van der Waals surface area contributed by atoms with Crippen LogP contribution < -0.4 is 0 Å². The highest BCUT2D eigenvalue weighted by Gasteiger charge is 2.16. The zero-order valence-corrected chi connectivity index (χ0v) is 12.3. The van der Waals surface area contributed by atoms with Crippen LogP contribution >= 0.6 is 0 Å². The van der Waals surface area contributed by atoms with Crippen LogP contribution in [-0.2, 0) is 5.41 Å². The second kappa shape index (κ2) is 5.87. The van der Waals surface area contributed by atoms with Crippen LogP contribution in [0.25, 0.3) is 6.08 Å². The third kappa shape index (κ3) is 3.45. The number of carbonyl (C=O) groups excluding carboxylic acids is 1. The molecule has 0 aromatic heterocycles. The molecule has 0 radical (unpaired) electrons. The first-order chi connectivity index (χ1) is 9.48. The first-order valence-electron chi connectivity index (χ1n) is 6.85. The van der Waals surface area contributed by atoms with Gasteiger partial charge in [-0.25, -0.2) is 0 Å². The molecule has 1 nitrogen and oxygen atoms in total. The molecular weight excluding hydrogens is 244 g/mol. The van der Waals surface area contributed by atoms with E-state index in [1.807, 2.05) is 48.5 Å². The Labute approximate surface area is 121 Å². The van der Waals surface area contributed by atoms with Crippen molar-refractivity contribution in [3.63, 3.8) is 0 Å². The molecule has 2 aromatic carbocycles. The number of rotatable bonds is 3. The largest absolute Gasteiger partial charge is 0.289 e. The second-order valence-corrected chi connectivity index (χ2v) is 5.90. The third-order valence-electron chi connectivity index (χ3n) is 3.24. The first kappa shape index (κ1) is 14.3. The van der Waals surface area contributed by atoms with Crippen molar-refractivity contribution in [3.05, 3.63) is 77.4 Å². The molecule has 0 amide bonds. The van der Waals surface area contributed by atoms with Crippen molar-refractivity contribution >= 4 is 11.9 Å². The van der Waals surface area contributed by atoms with Crippen molar-refractivity contribution in [2.24, 2.45) is 0 Å². The van der Waals surface area contributed by atoms with Crippen LogP contribution in [0.4, 0.5) is 0 Å². The van der Waals surface area contributed by atoms with Crippen molar-refractivity contribution in [1.29, 1.82) is 0 Å². The Kier molecular flexibility index (Phi) is 4.19. The normalized spacial score (nSPS) is 11.8. The Morgan fingerprint density at radius 3 is 2.15 bits per heavy atom. The molecule has 0 N–H and O–H groups in total. The van der Waals surface area contributed by atoms with Gasteiger partial charge in [0, 0.05) is 5.56 Å². The van der Waals surface area contributed by atoms with Crippen LogP contribution in [0.5, 0.6) is 0 Å². The summed E-state index contributed by atoms with van der Waals surface area (Å²) in [4.78, 5) is 12.1. The Morgan fingerprint density at radius 2 is 1.50 bits per heavy atom. The fraction of sp³-hybridized carbons (Fsp3) is 0.211. The van der Waals surface area contributed by atoms with Gasteiger partial charge in [-0.1, -0.05) is 81.4 Å². The van der Waals surface area contributed by atoms with Gasteiger partial charge in [-0.3, -0.25) is 4.79 Å². The highest BCUT2D eigenvalue weighted by molar-refractivity contribution is 6.06. The highest BCUT2D eigenvalue weighted by Crippen LogP contribution is 2.26. The average molecular weight is 264 g/mol. The minimum absolute atomic E-state index is 0.0364. The van der Waals surface area contributed by atoms with Crippen LogP contribution in [0.1, 0.15) is 42.3 Å². The Bertz CT molecular complexity index is 616. The number of benzene rings is 2. The summed E-state index contributed by atoms with van der Waals surface area (Å²) in [6.45, 7) is 6.54. The summed E-state index contributed by atoms with van der Waals surface area (Å²) in [5.41, 5.74) is 3.13. The number of hydrogen-bond donors (Lipinski definition) is 0. The molecule has 2 aromatic rings. The summed E-state index contributed by atoms with van der Waals surface area (Å²) in [5.74, 6) is 0.0364. The number of ketones is 1. The average Bonchev–Trinajstić information content (AvgIpc) is 2.45. The zero-order valence-electron chi connectivity index (χ0n) is 12.3. The monoisotopic (exact) mass is 264 g/mol. The predicted molar refractivity (Wildman–Crippen MR) is 84.9 cm³/mol. The molecule has 0 heterocycles. The van der Waals surface area contributed by atoms with Gasteiger partial charge >= 0.3 is 0 Å². The second-order valence-electron chi connectivity index (χ2n) is 5.90. The maximum atomic E-state index is 12.1. The lowest BCUT2D eigenvalue weighted by atomic mass is 9.83. The Morgan fingerprint density at radius 1 is 0.900 bits per heavy atom. The molecule has 1 heteroatoms. The quantitative estimate of drug-likeness (QED) is 0.570. The van der Waals surface area contributed by atoms with Gasteiger partial charge in [0.1, 0.15) is 0 Å². The number of hydrogen-bond acceptors (Lipinski definition) is 1. The fourth-order valence-electron chi connectivity index (χ4n) is 2.19. The molecule has 0 unspecified atom stereocenters. The van der Waals surface area contributed by atoms with E-state index in [4.69, 9.17) is 0 Å². The lowest BCUT2D eigenvalue weighted by Crippen LogP contribution is -2.12. The Hall–Kier alpha value is -2.15. The summed E-state index contributed by atoms with van der Waals surface area (Å²) < 4.78 is 0. The third-order valence-corrected chi connectivity index (χ3v) is 3.24. The molecule has 20 heavy (non-hydrogen) atoms. The van der Waals surface area contributed by atoms with Gasteiger partial charge in [0.25, 0.3) is 0 Å². The van der Waals surface area contributed by atoms with Gasteiger partial charge in [0.05, 0.1) is 0 Å². The van der Waals surface area contributed by atoms with Gasteiger partial charge in [-0.2, -0.15) is 0 Å². The van der Waals surface area contributed by atoms with E-state index in [9.17, 15) is 4.79 Å². The molecule has 0 fully saturated rings. The number of allylic oxidation sites excluding steroid dienone is 1. The zero-order chi connectivity index (χ0) is 14.6. The van der Waals surface area contributed by atoms with Gasteiger partial charge < -0.3 is 0 Å². The standard InChI is InChI=1S/C19H20O/c1-19(2,3)17-12-8-7-9-15(17)13-14-18(20)16-10-5-4-6-11-16/h4-14H,1-3H3. The molecule has 0 atom stereocenters. The van der Waals surface area contributed by atoms with E-state index < -0.39 is 0 Å². The van der Waals surface area contributed by atoms with Crippen LogP contribution in [-0.4, -0.2) is 5.78 Å². The summed E-state index contributed by atoms with van der Waals surface area (Å²) in [6, 6.07) is 17.6. The van der Waals surface area contributed by atoms with Gasteiger partial charge in [0.15, 0.2) is 5.78 Å². The maximum Gasteiger partial charge on any atom is 0.185 e. The number of carbonyl (C=O) groups is 1. The van der Waals surface area contributed by atoms with Crippen LogP contribution in [0.2, 0.25) is 0 Å². The lowest BCUT2D eigenvalue weighted by Gasteiger charge is -2.21. The molecule has 0 aliphatic rings. The van der Waals surface area contributed by atoms with Crippen molar-refractivity contribution in [3.8, 4) is 0 Å². The van der Waals surface area contributed by atoms with Crippen molar-refractivity contribution < 1.29 is 4.79 Å². The molecule has 0 aliphatic carbocycles. The minimum atomic E-state index is 0.0364. The lowest BCUT2D eigenvalue weighted by molar-refractivity contribution is 0.104. The SMILES string of the molecule is CC(C)(C)c1ccccc1C=CC(=O)c1ccccc1. The topological polar surface area (TPSA) is 17.1 Å². The van der Waals surface area contributed by atoms with E-state index in [1.54, 1.807) is 6.08 Å². The molecule has 0 spiro atoms. The van der Waals surface area contributed by atoms with E-state index in [-0.39, 0.29) is 11.2 Å². The molecule has 0 aliphatic heterocycles.